The molecule has 0 aliphatic carbocycles. The van der Waals surface area contributed by atoms with Crippen molar-refractivity contribution in [2.45, 2.75) is 88.7 Å². The maximum atomic E-state index is 12.6. The van der Waals surface area contributed by atoms with Crippen LogP contribution in [0, 0.1) is 0 Å². The van der Waals surface area contributed by atoms with Gasteiger partial charge >= 0.3 is 0 Å². The number of nitrogens with zero attached hydrogens (tertiary/aromatic N) is 1. The smallest absolute Gasteiger partial charge is 0.243 e. The standard InChI is InChI=1S/C33H45N3O8/c37-23-24-10-12-25(13-11-24)29-21-28(22-36-16-14-33(15-17-36)41-18-19-42-33)43-32(44-29)26-6-5-7-27(20-26)34-30(38)8-3-1-2-4-9-31(39)35-40/h5-7,10-13,20,28-29,32,37,40H,1-4,8-9,14-19,21-23H2,(H,34,38)(H,35,39). The Morgan fingerprint density at radius 1 is 0.886 bits per heavy atom. The first kappa shape index (κ1) is 32.5. The zero-order chi connectivity index (χ0) is 30.8. The number of hydroxylamine groups is 1. The number of hydrogen-bond donors (Lipinski definition) is 4. The largest absolute Gasteiger partial charge is 0.392 e. The molecule has 2 aromatic carbocycles. The Bertz CT molecular complexity index is 1210. The number of piperidine rings is 1. The predicted octanol–water partition coefficient (Wildman–Crippen LogP) is 4.35. The van der Waals surface area contributed by atoms with Crippen LogP contribution in [0.15, 0.2) is 48.5 Å². The molecule has 4 N–H and O–H groups in total. The van der Waals surface area contributed by atoms with Gasteiger partial charge in [0.1, 0.15) is 0 Å². The van der Waals surface area contributed by atoms with E-state index in [1.54, 1.807) is 5.48 Å². The maximum Gasteiger partial charge on any atom is 0.243 e. The van der Waals surface area contributed by atoms with Crippen LogP contribution < -0.4 is 10.8 Å². The summed E-state index contributed by atoms with van der Waals surface area (Å²) in [6.07, 6.45) is 5.21. The third kappa shape index (κ3) is 9.07. The summed E-state index contributed by atoms with van der Waals surface area (Å²) >= 11 is 0. The number of hydrogen-bond acceptors (Lipinski definition) is 9. The first-order valence-electron chi connectivity index (χ1n) is 15.8. The SMILES string of the molecule is O=C(CCCCCCC(=O)Nc1cccc(C2OC(CN3CCC4(CC3)OCCO4)CC(c3ccc(CO)cc3)O2)c1)NO. The number of anilines is 1. The molecule has 0 radical (unpaired) electrons. The Balaban J connectivity index is 1.19. The van der Waals surface area contributed by atoms with Gasteiger partial charge in [-0.3, -0.25) is 14.8 Å². The molecule has 0 saturated carbocycles. The van der Waals surface area contributed by atoms with Gasteiger partial charge in [-0.1, -0.05) is 49.2 Å². The number of amides is 2. The third-order valence-electron chi connectivity index (χ3n) is 8.63. The number of aliphatic hydroxyl groups is 1. The van der Waals surface area contributed by atoms with Crippen LogP contribution in [0.5, 0.6) is 0 Å². The molecule has 2 amide bonds. The van der Waals surface area contributed by atoms with E-state index in [1.807, 2.05) is 48.5 Å². The molecule has 0 aromatic heterocycles. The fraction of sp³-hybridized carbons (Fsp3) is 0.576. The molecular weight excluding hydrogens is 566 g/mol. The van der Waals surface area contributed by atoms with Gasteiger partial charge in [0.25, 0.3) is 0 Å². The van der Waals surface area contributed by atoms with Crippen molar-refractivity contribution >= 4 is 17.5 Å². The molecule has 3 unspecified atom stereocenters. The van der Waals surface area contributed by atoms with Gasteiger partial charge in [-0.15, -0.1) is 0 Å². The number of carbonyl (C=O) groups excluding carboxylic acids is 2. The molecule has 3 heterocycles. The second-order valence-corrected chi connectivity index (χ2v) is 11.9. The lowest BCUT2D eigenvalue weighted by Crippen LogP contribution is -2.48. The van der Waals surface area contributed by atoms with Gasteiger partial charge in [0.15, 0.2) is 12.1 Å². The van der Waals surface area contributed by atoms with E-state index in [0.717, 1.165) is 68.4 Å². The van der Waals surface area contributed by atoms with Crippen molar-refractivity contribution in [3.05, 3.63) is 65.2 Å². The third-order valence-corrected chi connectivity index (χ3v) is 8.63. The number of nitrogens with one attached hydrogen (secondary N) is 2. The van der Waals surface area contributed by atoms with Crippen molar-refractivity contribution in [2.75, 3.05) is 38.2 Å². The van der Waals surface area contributed by atoms with Gasteiger partial charge in [0.05, 0.1) is 32.0 Å². The topological polar surface area (TPSA) is 139 Å². The van der Waals surface area contributed by atoms with Crippen molar-refractivity contribution in [1.82, 2.24) is 10.4 Å². The molecule has 2 aromatic rings. The maximum absolute atomic E-state index is 12.6. The Kier molecular flexibility index (Phi) is 11.7. The van der Waals surface area contributed by atoms with Gasteiger partial charge in [-0.25, -0.2) is 5.48 Å². The van der Waals surface area contributed by atoms with Crippen molar-refractivity contribution in [3.8, 4) is 0 Å². The zero-order valence-electron chi connectivity index (χ0n) is 25.2. The Hall–Kier alpha value is -2.90. The van der Waals surface area contributed by atoms with E-state index >= 15 is 0 Å². The summed E-state index contributed by atoms with van der Waals surface area (Å²) in [5, 5.41) is 21.1. The highest BCUT2D eigenvalue weighted by atomic mass is 16.7. The predicted molar refractivity (Wildman–Crippen MR) is 161 cm³/mol. The van der Waals surface area contributed by atoms with E-state index in [-0.39, 0.29) is 37.0 Å². The van der Waals surface area contributed by atoms with Crippen molar-refractivity contribution in [1.29, 1.82) is 0 Å². The lowest BCUT2D eigenvalue weighted by atomic mass is 9.98. The van der Waals surface area contributed by atoms with Gasteiger partial charge in [-0.05, 0) is 36.1 Å². The summed E-state index contributed by atoms with van der Waals surface area (Å²) < 4.78 is 24.9. The molecule has 3 saturated heterocycles. The molecule has 3 aliphatic rings. The van der Waals surface area contributed by atoms with E-state index in [9.17, 15) is 14.7 Å². The van der Waals surface area contributed by atoms with Crippen molar-refractivity contribution in [2.24, 2.45) is 0 Å². The molecule has 1 spiro atoms. The molecule has 11 heteroatoms. The van der Waals surface area contributed by atoms with Gasteiger partial charge < -0.3 is 34.3 Å². The molecular formula is C33H45N3O8. The summed E-state index contributed by atoms with van der Waals surface area (Å²) in [7, 11) is 0. The monoisotopic (exact) mass is 611 g/mol. The molecule has 44 heavy (non-hydrogen) atoms. The average Bonchev–Trinajstić information content (AvgIpc) is 3.51. The molecule has 3 atom stereocenters. The van der Waals surface area contributed by atoms with E-state index < -0.39 is 12.1 Å². The quantitative estimate of drug-likeness (QED) is 0.148. The number of carbonyl (C=O) groups is 2. The number of benzene rings is 2. The highest BCUT2D eigenvalue weighted by Gasteiger charge is 2.41. The first-order chi connectivity index (χ1) is 21.4. The second kappa shape index (κ2) is 15.9. The minimum atomic E-state index is -0.609. The van der Waals surface area contributed by atoms with Crippen LogP contribution in [-0.2, 0) is 35.1 Å². The average molecular weight is 612 g/mol. The van der Waals surface area contributed by atoms with Crippen LogP contribution in [0.4, 0.5) is 5.69 Å². The van der Waals surface area contributed by atoms with Crippen molar-refractivity contribution < 1.29 is 38.9 Å². The zero-order valence-corrected chi connectivity index (χ0v) is 25.2. The molecule has 240 valence electrons. The fourth-order valence-electron chi connectivity index (χ4n) is 6.15. The summed E-state index contributed by atoms with van der Waals surface area (Å²) in [4.78, 5) is 26.1. The van der Waals surface area contributed by atoms with Crippen molar-refractivity contribution in [3.63, 3.8) is 0 Å². The number of aliphatic hydroxyl groups excluding tert-OH is 1. The first-order valence-corrected chi connectivity index (χ1v) is 15.8. The summed E-state index contributed by atoms with van der Waals surface area (Å²) in [5.41, 5.74) is 5.03. The van der Waals surface area contributed by atoms with Crippen LogP contribution in [0.25, 0.3) is 0 Å². The van der Waals surface area contributed by atoms with Gasteiger partial charge in [0, 0.05) is 63.0 Å². The number of likely N-dealkylation sites (tertiary alicyclic amines) is 1. The number of unbranched alkanes of at least 4 members (excludes halogenated alkanes) is 3. The summed E-state index contributed by atoms with van der Waals surface area (Å²) in [6, 6.07) is 15.5. The molecule has 3 aliphatic heterocycles. The summed E-state index contributed by atoms with van der Waals surface area (Å²) in [5.74, 6) is -0.881. The van der Waals surface area contributed by atoms with Crippen LogP contribution in [-0.4, -0.2) is 71.8 Å². The van der Waals surface area contributed by atoms with E-state index in [4.69, 9.17) is 24.2 Å². The lowest BCUT2D eigenvalue weighted by Gasteiger charge is -2.41. The van der Waals surface area contributed by atoms with E-state index in [0.29, 0.717) is 38.2 Å². The number of ether oxygens (including phenoxy) is 4. The normalized spacial score (nSPS) is 23.5. The molecule has 0 bridgehead atoms. The summed E-state index contributed by atoms with van der Waals surface area (Å²) in [6.45, 7) is 3.83. The van der Waals surface area contributed by atoms with Crippen LogP contribution in [0.1, 0.15) is 86.9 Å². The Morgan fingerprint density at radius 2 is 1.59 bits per heavy atom. The number of rotatable bonds is 13. The second-order valence-electron chi connectivity index (χ2n) is 11.9. The van der Waals surface area contributed by atoms with Crippen LogP contribution >= 0.6 is 0 Å². The van der Waals surface area contributed by atoms with E-state index in [1.165, 1.54) is 0 Å². The molecule has 11 nitrogen and oxygen atoms in total. The fourth-order valence-corrected chi connectivity index (χ4v) is 6.15. The van der Waals surface area contributed by atoms with Crippen LogP contribution in [0.3, 0.4) is 0 Å². The minimum absolute atomic E-state index is 0.00803. The Labute approximate surface area is 258 Å². The highest BCUT2D eigenvalue weighted by molar-refractivity contribution is 5.90. The van der Waals surface area contributed by atoms with Gasteiger partial charge in [-0.2, -0.15) is 0 Å². The van der Waals surface area contributed by atoms with E-state index in [2.05, 4.69) is 10.2 Å². The molecule has 3 fully saturated rings. The lowest BCUT2D eigenvalue weighted by molar-refractivity contribution is -0.255. The Morgan fingerprint density at radius 3 is 2.27 bits per heavy atom. The van der Waals surface area contributed by atoms with Gasteiger partial charge in [0.2, 0.25) is 11.8 Å². The molecule has 5 rings (SSSR count). The minimum Gasteiger partial charge on any atom is -0.392 e. The van der Waals surface area contributed by atoms with Crippen LogP contribution in [0.2, 0.25) is 0 Å². The highest BCUT2D eigenvalue weighted by Crippen LogP contribution is 2.39.